The van der Waals surface area contributed by atoms with Gasteiger partial charge in [0.15, 0.2) is 0 Å². The van der Waals surface area contributed by atoms with Gasteiger partial charge >= 0.3 is 0 Å². The molecule has 1 amide bonds. The molecule has 0 N–H and O–H groups in total. The second-order valence-corrected chi connectivity index (χ2v) is 12.2. The van der Waals surface area contributed by atoms with Crippen molar-refractivity contribution < 1.29 is 17.9 Å². The normalized spacial score (nSPS) is 26.9. The zero-order chi connectivity index (χ0) is 24.6. The van der Waals surface area contributed by atoms with Crippen molar-refractivity contribution in [1.82, 2.24) is 14.1 Å². The molecule has 3 atom stereocenters. The maximum atomic E-state index is 14.2. The summed E-state index contributed by atoms with van der Waals surface area (Å²) in [5.74, 6) is 0.875. The summed E-state index contributed by atoms with van der Waals surface area (Å²) < 4.78 is 35.4. The number of hydrogen-bond donors (Lipinski definition) is 0. The summed E-state index contributed by atoms with van der Waals surface area (Å²) >= 11 is 0. The number of benzene rings is 1. The smallest absolute Gasteiger partial charge is 0.244 e. The fraction of sp³-hybridized carbons (Fsp3) is 0.731. The first-order valence-corrected chi connectivity index (χ1v) is 14.3. The third kappa shape index (κ3) is 4.61. The number of carbonyl (C=O) groups is 1. The van der Waals surface area contributed by atoms with E-state index in [4.69, 9.17) is 4.74 Å². The number of aryl methyl sites for hydroxylation is 2. The van der Waals surface area contributed by atoms with Crippen molar-refractivity contribution in [3.05, 3.63) is 23.3 Å². The van der Waals surface area contributed by atoms with Crippen molar-refractivity contribution in [2.24, 2.45) is 5.92 Å². The molecule has 8 heteroatoms. The Morgan fingerprint density at radius 3 is 2.29 bits per heavy atom. The molecule has 0 unspecified atom stereocenters. The van der Waals surface area contributed by atoms with Gasteiger partial charge in [-0.15, -0.1) is 0 Å². The third-order valence-corrected chi connectivity index (χ3v) is 10.7. The minimum atomic E-state index is -3.84. The van der Waals surface area contributed by atoms with E-state index >= 15 is 0 Å². The van der Waals surface area contributed by atoms with E-state index < -0.39 is 16.1 Å². The maximum Gasteiger partial charge on any atom is 0.244 e. The van der Waals surface area contributed by atoms with Crippen LogP contribution in [0.1, 0.15) is 63.0 Å². The van der Waals surface area contributed by atoms with Gasteiger partial charge in [0.1, 0.15) is 11.8 Å². The Kier molecular flexibility index (Phi) is 7.60. The average molecular weight is 492 g/mol. The number of nitrogens with zero attached hydrogens (tertiary/aromatic N) is 3. The van der Waals surface area contributed by atoms with Crippen LogP contribution in [0.4, 0.5) is 0 Å². The predicted molar refractivity (Wildman–Crippen MR) is 134 cm³/mol. The largest absolute Gasteiger partial charge is 0.497 e. The Balaban J connectivity index is 1.67. The topological polar surface area (TPSA) is 70.2 Å². The summed E-state index contributed by atoms with van der Waals surface area (Å²) in [5, 5.41) is 0. The Morgan fingerprint density at radius 2 is 1.71 bits per heavy atom. The molecule has 1 aromatic carbocycles. The van der Waals surface area contributed by atoms with E-state index in [2.05, 4.69) is 11.8 Å². The first-order chi connectivity index (χ1) is 16.2. The fourth-order valence-corrected chi connectivity index (χ4v) is 8.84. The number of piperidine rings is 1. The van der Waals surface area contributed by atoms with Gasteiger partial charge in [-0.25, -0.2) is 8.42 Å². The van der Waals surface area contributed by atoms with Crippen LogP contribution in [0.2, 0.25) is 0 Å². The summed E-state index contributed by atoms with van der Waals surface area (Å²) in [7, 11) is -0.376. The lowest BCUT2D eigenvalue weighted by Crippen LogP contribution is -2.53. The Bertz CT molecular complexity index is 980. The number of hydrogen-bond acceptors (Lipinski definition) is 5. The summed E-state index contributed by atoms with van der Waals surface area (Å²) in [6, 6.07) is 3.02. The maximum absolute atomic E-state index is 14.2. The van der Waals surface area contributed by atoms with Gasteiger partial charge in [-0.1, -0.05) is 19.8 Å². The van der Waals surface area contributed by atoms with Gasteiger partial charge in [-0.3, -0.25) is 4.79 Å². The number of amides is 1. The number of ether oxygens (including phenoxy) is 1. The fourth-order valence-electron chi connectivity index (χ4n) is 6.55. The van der Waals surface area contributed by atoms with E-state index in [1.165, 1.54) is 0 Å². The number of methoxy groups -OCH3 is 1. The van der Waals surface area contributed by atoms with Crippen molar-refractivity contribution in [1.29, 1.82) is 0 Å². The number of carbonyl (C=O) groups excluding carboxylic acids is 1. The van der Waals surface area contributed by atoms with Crippen LogP contribution in [0.15, 0.2) is 17.0 Å². The second kappa shape index (κ2) is 10.2. The number of likely N-dealkylation sites (tertiary alicyclic amines) is 1. The summed E-state index contributed by atoms with van der Waals surface area (Å²) in [4.78, 5) is 18.5. The Labute approximate surface area is 205 Å². The molecule has 1 aliphatic carbocycles. The molecule has 3 fully saturated rings. The lowest BCUT2D eigenvalue weighted by molar-refractivity contribution is -0.136. The van der Waals surface area contributed by atoms with Crippen molar-refractivity contribution >= 4 is 15.9 Å². The van der Waals surface area contributed by atoms with E-state index in [9.17, 15) is 13.2 Å². The zero-order valence-corrected chi connectivity index (χ0v) is 22.2. The van der Waals surface area contributed by atoms with E-state index in [0.717, 1.165) is 58.2 Å². The van der Waals surface area contributed by atoms with Gasteiger partial charge in [0, 0.05) is 32.2 Å². The Hall–Kier alpha value is -1.64. The number of rotatable bonds is 6. The van der Waals surface area contributed by atoms with Gasteiger partial charge in [0.25, 0.3) is 0 Å². The highest BCUT2D eigenvalue weighted by Gasteiger charge is 2.52. The molecule has 2 aliphatic heterocycles. The van der Waals surface area contributed by atoms with E-state index in [0.29, 0.717) is 28.2 Å². The van der Waals surface area contributed by atoms with Crippen molar-refractivity contribution in [3.63, 3.8) is 0 Å². The monoisotopic (exact) mass is 491 g/mol. The predicted octanol–water partition coefficient (Wildman–Crippen LogP) is 3.58. The molecule has 1 aromatic rings. The van der Waals surface area contributed by atoms with Crippen LogP contribution in [0.3, 0.4) is 0 Å². The molecule has 3 aliphatic rings. The van der Waals surface area contributed by atoms with Crippen molar-refractivity contribution in [2.45, 2.75) is 88.7 Å². The minimum absolute atomic E-state index is 0.0308. The van der Waals surface area contributed by atoms with Crippen molar-refractivity contribution in [3.8, 4) is 5.75 Å². The molecule has 0 bridgehead atoms. The molecule has 34 heavy (non-hydrogen) atoms. The van der Waals surface area contributed by atoms with E-state index in [1.807, 2.05) is 25.8 Å². The van der Waals surface area contributed by atoms with Gasteiger partial charge in [0.05, 0.1) is 12.0 Å². The van der Waals surface area contributed by atoms with Gasteiger partial charge in [-0.2, -0.15) is 4.31 Å². The third-order valence-electron chi connectivity index (χ3n) is 8.42. The van der Waals surface area contributed by atoms with Crippen LogP contribution in [0.25, 0.3) is 0 Å². The van der Waals surface area contributed by atoms with Gasteiger partial charge in [-0.05, 0) is 81.7 Å². The molecule has 2 heterocycles. The standard InChI is InChI=1S/C26H41N3O4S/c1-6-28-13-11-21(12-14-28)27(4)26(30)24-17-20-9-7-8-10-23(20)29(24)34(31,32)25-18(2)15-22(33-5)16-19(25)3/h15-16,20-21,23-24H,6-14,17H2,1-5H3/t20-,23-,24+/m1/s1. The van der Waals surface area contributed by atoms with Gasteiger partial charge < -0.3 is 14.5 Å². The van der Waals surface area contributed by atoms with Crippen LogP contribution in [0, 0.1) is 19.8 Å². The van der Waals surface area contributed by atoms with E-state index in [1.54, 1.807) is 23.5 Å². The molecule has 2 saturated heterocycles. The Morgan fingerprint density at radius 1 is 1.09 bits per heavy atom. The molecule has 0 radical (unpaired) electrons. The highest BCUT2D eigenvalue weighted by atomic mass is 32.2. The molecule has 7 nitrogen and oxygen atoms in total. The highest BCUT2D eigenvalue weighted by Crippen LogP contribution is 2.44. The minimum Gasteiger partial charge on any atom is -0.497 e. The number of fused-ring (bicyclic) bond motifs is 1. The number of sulfonamides is 1. The average Bonchev–Trinajstić information content (AvgIpc) is 3.23. The first kappa shape index (κ1) is 25.5. The summed E-state index contributed by atoms with van der Waals surface area (Å²) in [5.41, 5.74) is 1.34. The van der Waals surface area contributed by atoms with Crippen LogP contribution in [-0.2, 0) is 14.8 Å². The highest BCUT2D eigenvalue weighted by molar-refractivity contribution is 7.89. The van der Waals surface area contributed by atoms with Gasteiger partial charge in [0.2, 0.25) is 15.9 Å². The SMILES string of the molecule is CCN1CCC(N(C)C(=O)[C@@H]2C[C@H]3CCCC[C@H]3N2S(=O)(=O)c2c(C)cc(OC)cc2C)CC1. The van der Waals surface area contributed by atoms with E-state index in [-0.39, 0.29) is 23.9 Å². The lowest BCUT2D eigenvalue weighted by Gasteiger charge is -2.39. The quantitative estimate of drug-likeness (QED) is 0.608. The second-order valence-electron chi connectivity index (χ2n) is 10.4. The molecular weight excluding hydrogens is 450 g/mol. The lowest BCUT2D eigenvalue weighted by atomic mass is 9.85. The first-order valence-electron chi connectivity index (χ1n) is 12.9. The zero-order valence-electron chi connectivity index (χ0n) is 21.4. The summed E-state index contributed by atoms with van der Waals surface area (Å²) in [6.45, 7) is 8.81. The van der Waals surface area contributed by atoms with Crippen LogP contribution >= 0.6 is 0 Å². The van der Waals surface area contributed by atoms with Crippen LogP contribution in [0.5, 0.6) is 5.75 Å². The molecule has 190 valence electrons. The number of likely N-dealkylation sites (N-methyl/N-ethyl adjacent to an activating group) is 1. The molecular formula is C26H41N3O4S. The molecule has 1 saturated carbocycles. The summed E-state index contributed by atoms with van der Waals surface area (Å²) in [6.07, 6.45) is 6.48. The van der Waals surface area contributed by atoms with Crippen molar-refractivity contribution in [2.75, 3.05) is 33.8 Å². The molecule has 0 aromatic heterocycles. The molecule has 0 spiro atoms. The van der Waals surface area contributed by atoms with Crippen LogP contribution < -0.4 is 4.74 Å². The van der Waals surface area contributed by atoms with Crippen LogP contribution in [-0.4, -0.2) is 80.3 Å². The molecule has 4 rings (SSSR count).